The molecule has 0 radical (unpaired) electrons. The third-order valence-electron chi connectivity index (χ3n) is 12.0. The van der Waals surface area contributed by atoms with E-state index in [9.17, 15) is 0 Å². The van der Waals surface area contributed by atoms with Gasteiger partial charge in [-0.05, 0) is 58.8 Å². The van der Waals surface area contributed by atoms with Crippen LogP contribution in [0.1, 0.15) is 0 Å². The van der Waals surface area contributed by atoms with Gasteiger partial charge in [-0.1, -0.05) is 146 Å². The summed E-state index contributed by atoms with van der Waals surface area (Å²) in [4.78, 5) is 15.6. The minimum Gasteiger partial charge on any atom is -0.456 e. The molecule has 0 fully saturated rings. The van der Waals surface area contributed by atoms with Crippen LogP contribution in [0.4, 0.5) is 0 Å². The molecule has 0 unspecified atom stereocenters. The highest BCUT2D eigenvalue weighted by atomic mass is 16.3. The average molecular weight is 781 g/mol. The molecule has 284 valence electrons. The van der Waals surface area contributed by atoms with Crippen molar-refractivity contribution >= 4 is 76.5 Å². The molecule has 0 aliphatic heterocycles. The number of hydrogen-bond acceptors (Lipinski definition) is 5. The lowest BCUT2D eigenvalue weighted by atomic mass is 9.98. The molecule has 0 saturated heterocycles. The lowest BCUT2D eigenvalue weighted by molar-refractivity contribution is 0.668. The van der Waals surface area contributed by atoms with Gasteiger partial charge in [0.2, 0.25) is 0 Å². The van der Waals surface area contributed by atoms with Gasteiger partial charge in [0.05, 0.1) is 22.3 Å². The van der Waals surface area contributed by atoms with Crippen molar-refractivity contribution < 1.29 is 8.83 Å². The Morgan fingerprint density at radius 3 is 1.80 bits per heavy atom. The van der Waals surface area contributed by atoms with Crippen molar-refractivity contribution in [3.63, 3.8) is 0 Å². The number of fused-ring (bicyclic) bond motifs is 10. The zero-order valence-electron chi connectivity index (χ0n) is 32.6. The summed E-state index contributed by atoms with van der Waals surface area (Å²) in [7, 11) is 0. The number of aromatic nitrogens is 4. The van der Waals surface area contributed by atoms with Crippen LogP contribution in [0.15, 0.2) is 203 Å². The monoisotopic (exact) mass is 780 g/mol. The Kier molecular flexibility index (Phi) is 7.21. The summed E-state index contributed by atoms with van der Waals surface area (Å²) in [6.07, 6.45) is 0. The van der Waals surface area contributed by atoms with Crippen LogP contribution in [-0.4, -0.2) is 19.5 Å². The topological polar surface area (TPSA) is 69.9 Å². The Labute approximate surface area is 348 Å². The van der Waals surface area contributed by atoms with Gasteiger partial charge < -0.3 is 13.4 Å². The Bertz CT molecular complexity index is 3880. The molecule has 13 rings (SSSR count). The fourth-order valence-electron chi connectivity index (χ4n) is 9.25. The van der Waals surface area contributed by atoms with Crippen molar-refractivity contribution in [2.75, 3.05) is 0 Å². The van der Waals surface area contributed by atoms with E-state index < -0.39 is 0 Å². The Morgan fingerprint density at radius 1 is 0.344 bits per heavy atom. The van der Waals surface area contributed by atoms with E-state index in [1.54, 1.807) is 0 Å². The number of rotatable bonds is 5. The molecular weight excluding hydrogens is 749 g/mol. The highest BCUT2D eigenvalue weighted by molar-refractivity contribution is 6.17. The summed E-state index contributed by atoms with van der Waals surface area (Å²) in [6, 6.07) is 67.5. The third-order valence-corrected chi connectivity index (χ3v) is 12.0. The van der Waals surface area contributed by atoms with Crippen molar-refractivity contribution in [2.24, 2.45) is 0 Å². The van der Waals surface area contributed by atoms with E-state index in [1.165, 1.54) is 21.5 Å². The molecule has 0 aliphatic rings. The second kappa shape index (κ2) is 13.1. The maximum atomic E-state index is 6.86. The van der Waals surface area contributed by atoms with Gasteiger partial charge in [-0.25, -0.2) is 15.0 Å². The van der Waals surface area contributed by atoms with E-state index in [1.807, 2.05) is 72.8 Å². The second-order valence-electron chi connectivity index (χ2n) is 15.5. The molecule has 0 N–H and O–H groups in total. The third kappa shape index (κ3) is 5.19. The SMILES string of the molecule is c1ccc(-c2nc(-c3cccc4c3oc3ccccc34)nc(-c3cccc4oc5cc(-n6c7ccccc7c7cc8ccccc8cc76)c(-c6ccccc6)cc5c34)n2)cc1. The molecule has 6 heteroatoms. The fraction of sp³-hybridized carbons (Fsp3) is 0. The van der Waals surface area contributed by atoms with Gasteiger partial charge in [-0.2, -0.15) is 0 Å². The van der Waals surface area contributed by atoms with E-state index in [4.69, 9.17) is 23.8 Å². The van der Waals surface area contributed by atoms with E-state index in [2.05, 4.69) is 126 Å². The number of hydrogen-bond donors (Lipinski definition) is 0. The molecule has 61 heavy (non-hydrogen) atoms. The molecule has 0 bridgehead atoms. The standard InChI is InChI=1S/C55H32N4O2/c1-3-15-33(16-4-1)42-31-44-50(32-47(42)59-45-26-11-9-21-37(45)43-29-35-19-7-8-20-36(35)30-46(43)59)60-49-28-14-24-40(51(44)49)54-56-53(34-17-5-2-6-18-34)57-55(58-54)41-25-13-23-39-38-22-10-12-27-48(38)61-52(39)41/h1-32H. The van der Waals surface area contributed by atoms with Gasteiger partial charge in [-0.3, -0.25) is 0 Å². The predicted molar refractivity (Wildman–Crippen MR) is 248 cm³/mol. The molecule has 4 aromatic heterocycles. The summed E-state index contributed by atoms with van der Waals surface area (Å²) >= 11 is 0. The number of benzene rings is 9. The predicted octanol–water partition coefficient (Wildman–Crippen LogP) is 14.6. The number of furan rings is 2. The lowest BCUT2D eigenvalue weighted by Gasteiger charge is -2.15. The molecule has 0 aliphatic carbocycles. The van der Waals surface area contributed by atoms with Gasteiger partial charge in [-0.15, -0.1) is 0 Å². The largest absolute Gasteiger partial charge is 0.456 e. The van der Waals surface area contributed by atoms with E-state index >= 15 is 0 Å². The zero-order valence-corrected chi connectivity index (χ0v) is 32.6. The molecule has 9 aromatic carbocycles. The zero-order chi connectivity index (χ0) is 40.0. The van der Waals surface area contributed by atoms with Crippen molar-refractivity contribution in [1.29, 1.82) is 0 Å². The summed E-state index contributed by atoms with van der Waals surface area (Å²) < 4.78 is 15.8. The molecule has 0 atom stereocenters. The maximum Gasteiger partial charge on any atom is 0.167 e. The normalized spacial score (nSPS) is 11.9. The maximum absolute atomic E-state index is 6.86. The molecule has 0 saturated carbocycles. The summed E-state index contributed by atoms with van der Waals surface area (Å²) in [5.74, 6) is 1.65. The minimum atomic E-state index is 0.532. The van der Waals surface area contributed by atoms with Gasteiger partial charge >= 0.3 is 0 Å². The summed E-state index contributed by atoms with van der Waals surface area (Å²) in [5.41, 5.74) is 11.1. The lowest BCUT2D eigenvalue weighted by Crippen LogP contribution is -2.00. The van der Waals surface area contributed by atoms with Crippen molar-refractivity contribution in [1.82, 2.24) is 19.5 Å². The summed E-state index contributed by atoms with van der Waals surface area (Å²) in [6.45, 7) is 0. The van der Waals surface area contributed by atoms with Gasteiger partial charge in [0.15, 0.2) is 17.5 Å². The van der Waals surface area contributed by atoms with Crippen LogP contribution in [0.3, 0.4) is 0 Å². The van der Waals surface area contributed by atoms with Crippen LogP contribution in [0, 0.1) is 0 Å². The highest BCUT2D eigenvalue weighted by Crippen LogP contribution is 2.44. The summed E-state index contributed by atoms with van der Waals surface area (Å²) in [5, 5.41) is 8.79. The van der Waals surface area contributed by atoms with Gasteiger partial charge in [0.25, 0.3) is 0 Å². The van der Waals surface area contributed by atoms with Crippen LogP contribution in [0.25, 0.3) is 127 Å². The van der Waals surface area contributed by atoms with E-state index in [0.29, 0.717) is 17.5 Å². The first-order valence-corrected chi connectivity index (χ1v) is 20.4. The van der Waals surface area contributed by atoms with Crippen molar-refractivity contribution in [2.45, 2.75) is 0 Å². The quantitative estimate of drug-likeness (QED) is 0.174. The second-order valence-corrected chi connectivity index (χ2v) is 15.5. The first kappa shape index (κ1) is 33.6. The van der Waals surface area contributed by atoms with Crippen LogP contribution < -0.4 is 0 Å². The Morgan fingerprint density at radius 2 is 0.967 bits per heavy atom. The Balaban J connectivity index is 1.09. The smallest absolute Gasteiger partial charge is 0.167 e. The fourth-order valence-corrected chi connectivity index (χ4v) is 9.25. The highest BCUT2D eigenvalue weighted by Gasteiger charge is 2.23. The molecule has 4 heterocycles. The van der Waals surface area contributed by atoms with Crippen LogP contribution in [0.5, 0.6) is 0 Å². The molecule has 0 spiro atoms. The Hall–Kier alpha value is -8.35. The number of para-hydroxylation sites is 3. The van der Waals surface area contributed by atoms with Crippen LogP contribution >= 0.6 is 0 Å². The van der Waals surface area contributed by atoms with Crippen LogP contribution in [-0.2, 0) is 0 Å². The number of nitrogens with zero attached hydrogens (tertiary/aromatic N) is 4. The minimum absolute atomic E-state index is 0.532. The van der Waals surface area contributed by atoms with Gasteiger partial charge in [0, 0.05) is 55.1 Å². The van der Waals surface area contributed by atoms with E-state index in [0.717, 1.165) is 88.4 Å². The van der Waals surface area contributed by atoms with E-state index in [-0.39, 0.29) is 0 Å². The molecular formula is C55H32N4O2. The van der Waals surface area contributed by atoms with Gasteiger partial charge in [0.1, 0.15) is 22.3 Å². The molecule has 6 nitrogen and oxygen atoms in total. The molecule has 0 amide bonds. The van der Waals surface area contributed by atoms with Crippen molar-refractivity contribution in [3.05, 3.63) is 194 Å². The first-order valence-electron chi connectivity index (χ1n) is 20.4. The average Bonchev–Trinajstić information content (AvgIpc) is 4.00. The molecule has 13 aromatic rings. The van der Waals surface area contributed by atoms with Crippen molar-refractivity contribution in [3.8, 4) is 51.0 Å². The first-order chi connectivity index (χ1) is 30.2. The van der Waals surface area contributed by atoms with Crippen LogP contribution in [0.2, 0.25) is 0 Å².